The zero-order chi connectivity index (χ0) is 15.9. The van der Waals surface area contributed by atoms with Crippen LogP contribution in [0.1, 0.15) is 34.6 Å². The number of aliphatic hydroxyl groups is 1. The van der Waals surface area contributed by atoms with Crippen LogP contribution in [0.25, 0.3) is 11.1 Å². The average molecular weight is 302 g/mol. The van der Waals surface area contributed by atoms with Gasteiger partial charge >= 0.3 is 5.97 Å². The predicted molar refractivity (Wildman–Crippen MR) is 75.4 cm³/mol. The van der Waals surface area contributed by atoms with Crippen LogP contribution in [0.4, 0.5) is 0 Å². The van der Waals surface area contributed by atoms with E-state index in [0.717, 1.165) is 0 Å². The van der Waals surface area contributed by atoms with E-state index in [0.29, 0.717) is 39.6 Å². The minimum atomic E-state index is -1.01. The Bertz CT molecular complexity index is 829. The fraction of sp³-hybridized carbons (Fsp3) is 0.267. The van der Waals surface area contributed by atoms with Crippen molar-refractivity contribution in [3.8, 4) is 0 Å². The molecule has 7 nitrogen and oxygen atoms in total. The summed E-state index contributed by atoms with van der Waals surface area (Å²) in [4.78, 5) is 14.9. The van der Waals surface area contributed by atoms with Crippen LogP contribution in [0.5, 0.6) is 0 Å². The molecule has 0 radical (unpaired) electrons. The fourth-order valence-electron chi connectivity index (χ4n) is 2.40. The van der Waals surface area contributed by atoms with E-state index in [1.54, 1.807) is 32.0 Å². The molecule has 2 N–H and O–H groups in total. The summed E-state index contributed by atoms with van der Waals surface area (Å²) in [6, 6.07) is 4.83. The van der Waals surface area contributed by atoms with Crippen LogP contribution in [0.2, 0.25) is 0 Å². The van der Waals surface area contributed by atoms with Crippen molar-refractivity contribution in [2.75, 3.05) is 0 Å². The highest BCUT2D eigenvalue weighted by atomic mass is 16.5. The van der Waals surface area contributed by atoms with Crippen LogP contribution >= 0.6 is 0 Å². The minimum absolute atomic E-state index is 0.164. The van der Waals surface area contributed by atoms with Crippen molar-refractivity contribution in [3.63, 3.8) is 0 Å². The minimum Gasteiger partial charge on any atom is -0.481 e. The molecule has 3 rings (SSSR count). The summed E-state index contributed by atoms with van der Waals surface area (Å²) < 4.78 is 10.6. The highest BCUT2D eigenvalue weighted by Gasteiger charge is 2.23. The maximum absolute atomic E-state index is 10.7. The monoisotopic (exact) mass is 302 g/mol. The van der Waals surface area contributed by atoms with Gasteiger partial charge in [0.15, 0.2) is 5.58 Å². The maximum atomic E-state index is 10.7. The molecule has 0 aliphatic heterocycles. The van der Waals surface area contributed by atoms with Gasteiger partial charge in [0.1, 0.15) is 23.1 Å². The standard InChI is InChI=1S/C15H14N2O5/c1-7-14(8(2)22-17-7)15(20)12-6-10-11(21-12)4-3-9(16-10)5-13(18)19/h3-4,6,15,20H,5H2,1-2H3,(H,18,19)/t15-/m1/s1. The number of hydrogen-bond acceptors (Lipinski definition) is 6. The van der Waals surface area contributed by atoms with E-state index in [1.807, 2.05) is 0 Å². The molecular weight excluding hydrogens is 288 g/mol. The smallest absolute Gasteiger partial charge is 0.309 e. The van der Waals surface area contributed by atoms with E-state index in [4.69, 9.17) is 14.0 Å². The van der Waals surface area contributed by atoms with Gasteiger partial charge in [0.05, 0.1) is 23.4 Å². The number of carbonyl (C=O) groups is 1. The van der Waals surface area contributed by atoms with Gasteiger partial charge in [-0.25, -0.2) is 4.98 Å². The van der Waals surface area contributed by atoms with E-state index in [2.05, 4.69) is 10.1 Å². The molecule has 0 fully saturated rings. The van der Waals surface area contributed by atoms with Crippen molar-refractivity contribution in [2.45, 2.75) is 26.4 Å². The highest BCUT2D eigenvalue weighted by Crippen LogP contribution is 2.31. The lowest BCUT2D eigenvalue weighted by Gasteiger charge is -2.06. The third-order valence-electron chi connectivity index (χ3n) is 3.41. The Morgan fingerprint density at radius 2 is 2.14 bits per heavy atom. The summed E-state index contributed by atoms with van der Waals surface area (Å²) in [6.45, 7) is 3.45. The number of aromatic nitrogens is 2. The SMILES string of the molecule is Cc1noc(C)c1[C@H](O)c1cc2nc(CC(=O)O)ccc2o1. The zero-order valence-electron chi connectivity index (χ0n) is 12.0. The quantitative estimate of drug-likeness (QED) is 0.759. The summed E-state index contributed by atoms with van der Waals surface area (Å²) in [6.07, 6.45) is -1.17. The Morgan fingerprint density at radius 1 is 1.36 bits per heavy atom. The number of aryl methyl sites for hydroxylation is 2. The molecule has 0 aliphatic carbocycles. The van der Waals surface area contributed by atoms with Crippen molar-refractivity contribution in [3.05, 3.63) is 46.7 Å². The van der Waals surface area contributed by atoms with Crippen molar-refractivity contribution in [2.24, 2.45) is 0 Å². The van der Waals surface area contributed by atoms with Crippen LogP contribution in [-0.2, 0) is 11.2 Å². The number of rotatable bonds is 4. The van der Waals surface area contributed by atoms with Gasteiger partial charge in [0, 0.05) is 6.07 Å². The normalized spacial score (nSPS) is 12.7. The van der Waals surface area contributed by atoms with Crippen molar-refractivity contribution in [1.82, 2.24) is 10.1 Å². The Labute approximate surface area is 125 Å². The molecule has 22 heavy (non-hydrogen) atoms. The molecule has 0 unspecified atom stereocenters. The largest absolute Gasteiger partial charge is 0.481 e. The van der Waals surface area contributed by atoms with Crippen LogP contribution < -0.4 is 0 Å². The number of carboxylic acids is 1. The number of aliphatic carboxylic acids is 1. The molecule has 3 aromatic rings. The maximum Gasteiger partial charge on any atom is 0.309 e. The number of furan rings is 1. The van der Waals surface area contributed by atoms with Gasteiger partial charge in [-0.3, -0.25) is 4.79 Å². The van der Waals surface area contributed by atoms with Gasteiger partial charge in [-0.2, -0.15) is 0 Å². The van der Waals surface area contributed by atoms with Crippen molar-refractivity contribution >= 4 is 17.1 Å². The van der Waals surface area contributed by atoms with E-state index in [9.17, 15) is 9.90 Å². The first-order valence-corrected chi connectivity index (χ1v) is 6.67. The summed E-state index contributed by atoms with van der Waals surface area (Å²) >= 11 is 0. The summed E-state index contributed by atoms with van der Waals surface area (Å²) in [5, 5.41) is 23.0. The molecule has 7 heteroatoms. The second-order valence-corrected chi connectivity index (χ2v) is 5.05. The van der Waals surface area contributed by atoms with Gasteiger partial charge in [0.2, 0.25) is 0 Å². The molecule has 114 valence electrons. The second kappa shape index (κ2) is 5.27. The van der Waals surface area contributed by atoms with Crippen molar-refractivity contribution in [1.29, 1.82) is 0 Å². The van der Waals surface area contributed by atoms with Crippen LogP contribution in [-0.4, -0.2) is 26.3 Å². The number of carboxylic acid groups (broad SMARTS) is 1. The molecule has 0 saturated carbocycles. The van der Waals surface area contributed by atoms with E-state index in [-0.39, 0.29) is 6.42 Å². The van der Waals surface area contributed by atoms with Crippen LogP contribution in [0, 0.1) is 13.8 Å². The predicted octanol–water partition coefficient (Wildman–Crippen LogP) is 2.14. The van der Waals surface area contributed by atoms with Crippen LogP contribution in [0.15, 0.2) is 27.1 Å². The Kier molecular flexibility index (Phi) is 3.42. The third kappa shape index (κ3) is 2.46. The number of fused-ring (bicyclic) bond motifs is 1. The summed E-state index contributed by atoms with van der Waals surface area (Å²) in [7, 11) is 0. The molecule has 0 amide bonds. The molecule has 3 aromatic heterocycles. The highest BCUT2D eigenvalue weighted by molar-refractivity contribution is 5.75. The molecule has 0 spiro atoms. The number of hydrogen-bond donors (Lipinski definition) is 2. The second-order valence-electron chi connectivity index (χ2n) is 5.05. The summed E-state index contributed by atoms with van der Waals surface area (Å²) in [5.41, 5.74) is 2.56. The Balaban J connectivity index is 1.99. The third-order valence-corrected chi connectivity index (χ3v) is 3.41. The summed E-state index contributed by atoms with van der Waals surface area (Å²) in [5.74, 6) is -0.124. The fourth-order valence-corrected chi connectivity index (χ4v) is 2.40. The lowest BCUT2D eigenvalue weighted by atomic mass is 10.1. The zero-order valence-corrected chi connectivity index (χ0v) is 12.0. The molecular formula is C15H14N2O5. The topological polar surface area (TPSA) is 110 Å². The van der Waals surface area contributed by atoms with Gasteiger partial charge in [0.25, 0.3) is 0 Å². The van der Waals surface area contributed by atoms with Crippen molar-refractivity contribution < 1.29 is 23.9 Å². The van der Waals surface area contributed by atoms with E-state index in [1.165, 1.54) is 0 Å². The lowest BCUT2D eigenvalue weighted by Crippen LogP contribution is -2.01. The lowest BCUT2D eigenvalue weighted by molar-refractivity contribution is -0.136. The molecule has 0 aliphatic rings. The first-order chi connectivity index (χ1) is 10.5. The Hall–Kier alpha value is -2.67. The molecule has 1 atom stereocenters. The Morgan fingerprint density at radius 3 is 2.77 bits per heavy atom. The molecule has 0 aromatic carbocycles. The van der Waals surface area contributed by atoms with E-state index < -0.39 is 12.1 Å². The number of pyridine rings is 1. The van der Waals surface area contributed by atoms with Gasteiger partial charge in [-0.1, -0.05) is 5.16 Å². The number of aliphatic hydroxyl groups excluding tert-OH is 1. The molecule has 3 heterocycles. The molecule has 0 saturated heterocycles. The number of nitrogens with zero attached hydrogens (tertiary/aromatic N) is 2. The first kappa shape index (κ1) is 14.3. The van der Waals surface area contributed by atoms with Gasteiger partial charge < -0.3 is 19.2 Å². The van der Waals surface area contributed by atoms with Crippen LogP contribution in [0.3, 0.4) is 0 Å². The molecule has 0 bridgehead atoms. The van der Waals surface area contributed by atoms with E-state index >= 15 is 0 Å². The van der Waals surface area contributed by atoms with Gasteiger partial charge in [-0.05, 0) is 26.0 Å². The van der Waals surface area contributed by atoms with Gasteiger partial charge in [-0.15, -0.1) is 0 Å². The average Bonchev–Trinajstić information content (AvgIpc) is 3.01. The first-order valence-electron chi connectivity index (χ1n) is 6.67.